The molecule has 0 spiro atoms. The van der Waals surface area contributed by atoms with Crippen LogP contribution in [0.1, 0.15) is 23.7 Å². The fourth-order valence-corrected chi connectivity index (χ4v) is 3.59. The van der Waals surface area contributed by atoms with Gasteiger partial charge in [-0.2, -0.15) is 9.97 Å². The van der Waals surface area contributed by atoms with Crippen LogP contribution in [0, 0.1) is 0 Å². The van der Waals surface area contributed by atoms with E-state index in [1.54, 1.807) is 11.6 Å². The van der Waals surface area contributed by atoms with E-state index in [1.165, 1.54) is 51.4 Å². The first-order valence-corrected chi connectivity index (χ1v) is 11.0. The number of nitrogens with zero attached hydrogens (tertiary/aromatic N) is 3. The number of urea groups is 1. The van der Waals surface area contributed by atoms with Gasteiger partial charge in [0.15, 0.2) is 0 Å². The quantitative estimate of drug-likeness (QED) is 0.431. The topological polar surface area (TPSA) is 169 Å². The van der Waals surface area contributed by atoms with Crippen LogP contribution >= 0.6 is 0 Å². The van der Waals surface area contributed by atoms with Crippen LogP contribution in [0.5, 0.6) is 11.8 Å². The molecule has 15 heteroatoms. The summed E-state index contributed by atoms with van der Waals surface area (Å²) in [4.78, 5) is 45.0. The molecule has 0 unspecified atom stereocenters. The molecule has 0 aliphatic carbocycles. The molecule has 1 aromatic heterocycles. The van der Waals surface area contributed by atoms with E-state index in [-0.39, 0.29) is 70.8 Å². The number of hydrogen-bond donors (Lipinski definition) is 3. The molecule has 0 atom stereocenters. The molecule has 0 aliphatic rings. The van der Waals surface area contributed by atoms with Crippen LogP contribution in [-0.4, -0.2) is 99.0 Å². The van der Waals surface area contributed by atoms with Crippen molar-refractivity contribution in [3.63, 3.8) is 0 Å². The van der Waals surface area contributed by atoms with E-state index in [0.717, 1.165) is 6.07 Å². The summed E-state index contributed by atoms with van der Waals surface area (Å²) < 4.78 is 37.7. The standard InChI is InChI=1S/C19H24N6O7S.Na.H/c1-6-14(26)20-11-7-8-12(17(27)25(2)3)13(9-11)33(29,30)24-19(28)23-18-21-15(31-4)10-16(22-18)32-5;;/h7-10H,6H2,1-5H3,(H,20,26)(H2,21,22,23,24,28);;. The van der Waals surface area contributed by atoms with Crippen molar-refractivity contribution in [2.75, 3.05) is 38.9 Å². The Morgan fingerprint density at radius 1 is 1.00 bits per heavy atom. The van der Waals surface area contributed by atoms with Crippen LogP contribution in [0.25, 0.3) is 0 Å². The summed E-state index contributed by atoms with van der Waals surface area (Å²) in [5.74, 6) is -1.13. The van der Waals surface area contributed by atoms with Gasteiger partial charge in [-0.1, -0.05) is 6.92 Å². The molecule has 1 aromatic carbocycles. The number of carbonyl (C=O) groups excluding carboxylic acids is 3. The number of hydrogen-bond acceptors (Lipinski definition) is 9. The Morgan fingerprint density at radius 2 is 1.59 bits per heavy atom. The Hall–Kier alpha value is -2.94. The van der Waals surface area contributed by atoms with Gasteiger partial charge in [-0.25, -0.2) is 17.9 Å². The molecule has 0 bridgehead atoms. The number of aromatic nitrogens is 2. The van der Waals surface area contributed by atoms with Gasteiger partial charge in [0.05, 0.1) is 25.8 Å². The van der Waals surface area contributed by atoms with Crippen molar-refractivity contribution in [3.8, 4) is 11.8 Å². The van der Waals surface area contributed by atoms with Crippen LogP contribution < -0.4 is 24.8 Å². The molecule has 0 saturated carbocycles. The normalized spacial score (nSPS) is 10.4. The molecule has 3 N–H and O–H groups in total. The first-order chi connectivity index (χ1) is 15.5. The average molecular weight is 505 g/mol. The molecule has 0 fully saturated rings. The van der Waals surface area contributed by atoms with Gasteiger partial charge < -0.3 is 19.7 Å². The molecular weight excluding hydrogens is 479 g/mol. The number of methoxy groups -OCH3 is 2. The summed E-state index contributed by atoms with van der Waals surface area (Å²) in [6, 6.07) is 3.88. The van der Waals surface area contributed by atoms with Crippen molar-refractivity contribution in [2.45, 2.75) is 18.2 Å². The monoisotopic (exact) mass is 504 g/mol. The van der Waals surface area contributed by atoms with Gasteiger partial charge in [-0.05, 0) is 18.2 Å². The zero-order valence-electron chi connectivity index (χ0n) is 18.6. The first kappa shape index (κ1) is 29.1. The predicted molar refractivity (Wildman–Crippen MR) is 125 cm³/mol. The first-order valence-electron chi connectivity index (χ1n) is 9.47. The van der Waals surface area contributed by atoms with E-state index >= 15 is 0 Å². The van der Waals surface area contributed by atoms with E-state index in [0.29, 0.717) is 0 Å². The van der Waals surface area contributed by atoms with Gasteiger partial charge in [-0.15, -0.1) is 0 Å². The minimum absolute atomic E-state index is 0. The van der Waals surface area contributed by atoms with Gasteiger partial charge >= 0.3 is 35.6 Å². The van der Waals surface area contributed by atoms with E-state index < -0.39 is 26.9 Å². The van der Waals surface area contributed by atoms with Gasteiger partial charge in [0.1, 0.15) is 4.90 Å². The second kappa shape index (κ2) is 12.5. The number of nitrogens with one attached hydrogen (secondary N) is 3. The van der Waals surface area contributed by atoms with Gasteiger partial charge in [-0.3, -0.25) is 14.9 Å². The fraction of sp³-hybridized carbons (Fsp3) is 0.316. The van der Waals surface area contributed by atoms with Gasteiger partial charge in [0.25, 0.3) is 15.9 Å². The Balaban J connectivity index is 0.00000578. The number of ether oxygens (including phenoxy) is 2. The van der Waals surface area contributed by atoms with Crippen molar-refractivity contribution >= 4 is 69.1 Å². The Kier molecular flexibility index (Phi) is 10.7. The third-order valence-electron chi connectivity index (χ3n) is 4.06. The van der Waals surface area contributed by atoms with Crippen molar-refractivity contribution in [2.24, 2.45) is 0 Å². The number of amides is 4. The number of sulfonamides is 1. The maximum atomic E-state index is 13.0. The van der Waals surface area contributed by atoms with E-state index in [1.807, 2.05) is 0 Å². The average Bonchev–Trinajstić information content (AvgIpc) is 2.77. The Bertz CT molecular complexity index is 1150. The zero-order chi connectivity index (χ0) is 24.8. The molecule has 0 radical (unpaired) electrons. The zero-order valence-corrected chi connectivity index (χ0v) is 19.4. The number of anilines is 2. The summed E-state index contributed by atoms with van der Waals surface area (Å²) in [5, 5.41) is 4.68. The van der Waals surface area contributed by atoms with Crippen LogP contribution in [0.15, 0.2) is 29.2 Å². The molecule has 4 amide bonds. The fourth-order valence-electron chi connectivity index (χ4n) is 2.46. The van der Waals surface area contributed by atoms with Crippen LogP contribution in [0.3, 0.4) is 0 Å². The molecule has 0 saturated heterocycles. The summed E-state index contributed by atoms with van der Waals surface area (Å²) in [5.41, 5.74) is -0.0621. The second-order valence-corrected chi connectivity index (χ2v) is 8.30. The Labute approximate surface area is 219 Å². The van der Waals surface area contributed by atoms with Crippen LogP contribution in [0.2, 0.25) is 0 Å². The third kappa shape index (κ3) is 7.55. The number of benzene rings is 1. The molecule has 1 heterocycles. The summed E-state index contributed by atoms with van der Waals surface area (Å²) >= 11 is 0. The maximum absolute atomic E-state index is 13.0. The van der Waals surface area contributed by atoms with Crippen LogP contribution in [0.4, 0.5) is 16.4 Å². The van der Waals surface area contributed by atoms with Gasteiger partial charge in [0, 0.05) is 26.2 Å². The number of rotatable bonds is 8. The SMILES string of the molecule is CCC(=O)Nc1ccc(C(=O)N(C)C)c(S(=O)(=O)NC(=O)Nc2nc(OC)cc(OC)n2)c1.[NaH]. The van der Waals surface area contributed by atoms with Crippen molar-refractivity contribution in [1.82, 2.24) is 19.6 Å². The van der Waals surface area contributed by atoms with E-state index in [4.69, 9.17) is 9.47 Å². The summed E-state index contributed by atoms with van der Waals surface area (Å²) in [6.45, 7) is 1.62. The molecule has 34 heavy (non-hydrogen) atoms. The summed E-state index contributed by atoms with van der Waals surface area (Å²) in [6.07, 6.45) is 0.158. The molecule has 2 aromatic rings. The van der Waals surface area contributed by atoms with E-state index in [9.17, 15) is 22.8 Å². The van der Waals surface area contributed by atoms with Crippen molar-refractivity contribution in [3.05, 3.63) is 29.8 Å². The molecule has 2 rings (SSSR count). The van der Waals surface area contributed by atoms with Gasteiger partial charge in [0.2, 0.25) is 23.6 Å². The predicted octanol–water partition coefficient (Wildman–Crippen LogP) is 0.406. The minimum atomic E-state index is -4.56. The van der Waals surface area contributed by atoms with Crippen molar-refractivity contribution < 1.29 is 32.3 Å². The number of carbonyl (C=O) groups is 3. The van der Waals surface area contributed by atoms with E-state index in [2.05, 4.69) is 20.6 Å². The van der Waals surface area contributed by atoms with Crippen LogP contribution in [-0.2, 0) is 14.8 Å². The second-order valence-electron chi connectivity index (χ2n) is 6.65. The third-order valence-corrected chi connectivity index (χ3v) is 5.43. The molecule has 180 valence electrons. The van der Waals surface area contributed by atoms with Crippen molar-refractivity contribution in [1.29, 1.82) is 0 Å². The molecule has 13 nitrogen and oxygen atoms in total. The summed E-state index contributed by atoms with van der Waals surface area (Å²) in [7, 11) is 0.997. The molecule has 0 aliphatic heterocycles. The molecular formula is C19H25N6NaO7S. The Morgan fingerprint density at radius 3 is 2.09 bits per heavy atom.